The number of carbonyl (C=O) groups excluding carboxylic acids is 3. The van der Waals surface area contributed by atoms with Crippen molar-refractivity contribution in [2.24, 2.45) is 7.05 Å². The number of hydrogen-bond acceptors (Lipinski definition) is 6. The van der Waals surface area contributed by atoms with Crippen LogP contribution in [0.3, 0.4) is 0 Å². The van der Waals surface area contributed by atoms with E-state index in [1.807, 2.05) is 0 Å². The smallest absolute Gasteiger partial charge is 0.256 e. The molecular weight excluding hydrogens is 354 g/mol. The maximum Gasteiger partial charge on any atom is 0.256 e. The number of rotatable bonds is 3. The van der Waals surface area contributed by atoms with Crippen molar-refractivity contribution in [3.63, 3.8) is 0 Å². The highest BCUT2D eigenvalue weighted by atomic mass is 32.2. The lowest BCUT2D eigenvalue weighted by Gasteiger charge is -2.24. The maximum atomic E-state index is 13.1. The minimum absolute atomic E-state index is 0.0352. The lowest BCUT2D eigenvalue weighted by atomic mass is 10.1. The average molecular weight is 371 g/mol. The number of aromatic nitrogens is 3. The van der Waals surface area contributed by atoms with Gasteiger partial charge in [-0.1, -0.05) is 23.9 Å². The SMILES string of the molecule is Cn1cnnc1SCC(=O)N1C(=O)[C@@H]2CCCN2C(=O)c2ccccc21. The second kappa shape index (κ2) is 6.56. The van der Waals surface area contributed by atoms with Gasteiger partial charge in [-0.15, -0.1) is 10.2 Å². The average Bonchev–Trinajstić information content (AvgIpc) is 3.27. The molecule has 1 atom stereocenters. The summed E-state index contributed by atoms with van der Waals surface area (Å²) >= 11 is 1.21. The van der Waals surface area contributed by atoms with Gasteiger partial charge in [-0.2, -0.15) is 0 Å². The molecule has 1 aromatic heterocycles. The van der Waals surface area contributed by atoms with Crippen molar-refractivity contribution in [2.45, 2.75) is 24.0 Å². The molecule has 2 aromatic rings. The first-order valence-electron chi connectivity index (χ1n) is 8.31. The summed E-state index contributed by atoms with van der Waals surface area (Å²) in [6, 6.07) is 6.22. The third-order valence-corrected chi connectivity index (χ3v) is 5.66. The van der Waals surface area contributed by atoms with Crippen LogP contribution in [0.25, 0.3) is 0 Å². The Kier molecular flexibility index (Phi) is 4.23. The molecule has 9 heteroatoms. The van der Waals surface area contributed by atoms with Crippen molar-refractivity contribution < 1.29 is 14.4 Å². The zero-order valence-electron chi connectivity index (χ0n) is 14.2. The van der Waals surface area contributed by atoms with E-state index in [1.165, 1.54) is 16.7 Å². The fraction of sp³-hybridized carbons (Fsp3) is 0.353. The Morgan fingerprint density at radius 1 is 1.31 bits per heavy atom. The Morgan fingerprint density at radius 2 is 2.12 bits per heavy atom. The van der Waals surface area contributed by atoms with Crippen LogP contribution < -0.4 is 4.90 Å². The van der Waals surface area contributed by atoms with Crippen molar-refractivity contribution >= 4 is 35.2 Å². The van der Waals surface area contributed by atoms with E-state index in [0.29, 0.717) is 29.4 Å². The molecule has 2 aliphatic heterocycles. The number of para-hydroxylation sites is 1. The first-order valence-corrected chi connectivity index (χ1v) is 9.30. The molecule has 3 heterocycles. The summed E-state index contributed by atoms with van der Waals surface area (Å²) in [5.41, 5.74) is 0.753. The number of fused-ring (bicyclic) bond motifs is 2. The summed E-state index contributed by atoms with van der Waals surface area (Å²) in [5, 5.41) is 8.31. The van der Waals surface area contributed by atoms with Crippen LogP contribution in [-0.4, -0.2) is 55.7 Å². The van der Waals surface area contributed by atoms with Gasteiger partial charge in [0.15, 0.2) is 5.16 Å². The fourth-order valence-corrected chi connectivity index (χ4v) is 4.13. The Balaban J connectivity index is 1.67. The summed E-state index contributed by atoms with van der Waals surface area (Å²) in [7, 11) is 1.79. The van der Waals surface area contributed by atoms with Crippen LogP contribution in [0.5, 0.6) is 0 Å². The Bertz CT molecular complexity index is 896. The van der Waals surface area contributed by atoms with Crippen molar-refractivity contribution in [2.75, 3.05) is 17.2 Å². The molecule has 1 fully saturated rings. The highest BCUT2D eigenvalue weighted by molar-refractivity contribution is 7.99. The Morgan fingerprint density at radius 3 is 2.88 bits per heavy atom. The van der Waals surface area contributed by atoms with Crippen molar-refractivity contribution in [3.8, 4) is 0 Å². The second-order valence-electron chi connectivity index (χ2n) is 6.25. The van der Waals surface area contributed by atoms with E-state index >= 15 is 0 Å². The Hall–Kier alpha value is -2.68. The van der Waals surface area contributed by atoms with Crippen molar-refractivity contribution in [1.29, 1.82) is 0 Å². The summed E-state index contributed by atoms with van der Waals surface area (Å²) in [5.74, 6) is -0.845. The van der Waals surface area contributed by atoms with Crippen LogP contribution in [0, 0.1) is 0 Å². The second-order valence-corrected chi connectivity index (χ2v) is 7.20. The largest absolute Gasteiger partial charge is 0.327 e. The van der Waals surface area contributed by atoms with E-state index in [-0.39, 0.29) is 23.5 Å². The van der Waals surface area contributed by atoms with E-state index < -0.39 is 6.04 Å². The third kappa shape index (κ3) is 2.68. The van der Waals surface area contributed by atoms with Crippen molar-refractivity contribution in [1.82, 2.24) is 19.7 Å². The molecule has 8 nitrogen and oxygen atoms in total. The molecule has 26 heavy (non-hydrogen) atoms. The van der Waals surface area contributed by atoms with Gasteiger partial charge in [0.05, 0.1) is 17.0 Å². The van der Waals surface area contributed by atoms with Crippen LogP contribution in [0.2, 0.25) is 0 Å². The molecule has 4 rings (SSSR count). The molecule has 0 bridgehead atoms. The van der Waals surface area contributed by atoms with Gasteiger partial charge in [0.1, 0.15) is 12.4 Å². The van der Waals surface area contributed by atoms with E-state index in [4.69, 9.17) is 0 Å². The number of aryl methyl sites for hydroxylation is 1. The molecule has 3 amide bonds. The minimum Gasteiger partial charge on any atom is -0.327 e. The zero-order chi connectivity index (χ0) is 18.3. The zero-order valence-corrected chi connectivity index (χ0v) is 15.0. The highest BCUT2D eigenvalue weighted by Gasteiger charge is 2.43. The van der Waals surface area contributed by atoms with Crippen LogP contribution in [-0.2, 0) is 16.6 Å². The Labute approximate surface area is 154 Å². The number of imide groups is 1. The number of amides is 3. The van der Waals surface area contributed by atoms with E-state index in [2.05, 4.69) is 10.2 Å². The molecule has 0 N–H and O–H groups in total. The summed E-state index contributed by atoms with van der Waals surface area (Å²) in [6.07, 6.45) is 2.90. The monoisotopic (exact) mass is 371 g/mol. The number of hydrogen-bond donors (Lipinski definition) is 0. The van der Waals surface area contributed by atoms with Gasteiger partial charge in [0.25, 0.3) is 11.8 Å². The molecule has 1 saturated heterocycles. The summed E-state index contributed by atoms with van der Waals surface area (Å²) in [6.45, 7) is 0.541. The van der Waals surface area contributed by atoms with Crippen LogP contribution in [0.1, 0.15) is 23.2 Å². The van der Waals surface area contributed by atoms with Gasteiger partial charge < -0.3 is 9.47 Å². The molecule has 0 saturated carbocycles. The van der Waals surface area contributed by atoms with E-state index in [1.54, 1.807) is 47.1 Å². The number of benzene rings is 1. The van der Waals surface area contributed by atoms with Gasteiger partial charge in [-0.05, 0) is 25.0 Å². The predicted molar refractivity (Wildman–Crippen MR) is 94.7 cm³/mol. The van der Waals surface area contributed by atoms with Gasteiger partial charge >= 0.3 is 0 Å². The third-order valence-electron chi connectivity index (χ3n) is 4.64. The first-order chi connectivity index (χ1) is 12.6. The first kappa shape index (κ1) is 16.8. The minimum atomic E-state index is -0.571. The number of carbonyl (C=O) groups is 3. The molecule has 1 aromatic carbocycles. The molecule has 2 aliphatic rings. The predicted octanol–water partition coefficient (Wildman–Crippen LogP) is 1.09. The van der Waals surface area contributed by atoms with Gasteiger partial charge in [0, 0.05) is 13.6 Å². The quantitative estimate of drug-likeness (QED) is 0.751. The van der Waals surface area contributed by atoms with E-state index in [9.17, 15) is 14.4 Å². The highest BCUT2D eigenvalue weighted by Crippen LogP contribution is 2.33. The number of nitrogens with zero attached hydrogens (tertiary/aromatic N) is 5. The van der Waals surface area contributed by atoms with Crippen LogP contribution >= 0.6 is 11.8 Å². The topological polar surface area (TPSA) is 88.4 Å². The molecule has 0 spiro atoms. The maximum absolute atomic E-state index is 13.1. The normalized spacial score (nSPS) is 19.3. The number of anilines is 1. The molecule has 0 radical (unpaired) electrons. The summed E-state index contributed by atoms with van der Waals surface area (Å²) in [4.78, 5) is 41.6. The van der Waals surface area contributed by atoms with E-state index in [0.717, 1.165) is 6.42 Å². The molecule has 134 valence electrons. The molecule has 0 unspecified atom stereocenters. The number of thioether (sulfide) groups is 1. The standard InChI is InChI=1S/C17H17N5O3S/c1-20-10-18-19-17(20)26-9-14(23)22-12-6-3-2-5-11(12)15(24)21-8-4-7-13(21)16(22)25/h2-3,5-6,10,13H,4,7-9H2,1H3/t13-/m0/s1. The molecular formula is C17H17N5O3S. The molecule has 0 aliphatic carbocycles. The summed E-state index contributed by atoms with van der Waals surface area (Å²) < 4.78 is 1.71. The lowest BCUT2D eigenvalue weighted by molar-refractivity contribution is -0.127. The van der Waals surface area contributed by atoms with Crippen LogP contribution in [0.15, 0.2) is 35.7 Å². The van der Waals surface area contributed by atoms with Crippen LogP contribution in [0.4, 0.5) is 5.69 Å². The van der Waals surface area contributed by atoms with Gasteiger partial charge in [-0.3, -0.25) is 14.4 Å². The van der Waals surface area contributed by atoms with Gasteiger partial charge in [-0.25, -0.2) is 4.90 Å². The fourth-order valence-electron chi connectivity index (χ4n) is 3.39. The lowest BCUT2D eigenvalue weighted by Crippen LogP contribution is -2.47. The van der Waals surface area contributed by atoms with Gasteiger partial charge in [0.2, 0.25) is 5.91 Å². The van der Waals surface area contributed by atoms with Crippen molar-refractivity contribution in [3.05, 3.63) is 36.2 Å².